The largest absolute Gasteiger partial charge is 0.309 e. The molecule has 1 aromatic rings. The van der Waals surface area contributed by atoms with E-state index in [2.05, 4.69) is 41.4 Å². The van der Waals surface area contributed by atoms with Gasteiger partial charge in [0.05, 0.1) is 9.26 Å². The average Bonchev–Trinajstić information content (AvgIpc) is 3.17. The fraction of sp³-hybridized carbons (Fsp3) is 0.733. The summed E-state index contributed by atoms with van der Waals surface area (Å²) in [6.45, 7) is 4.67. The van der Waals surface area contributed by atoms with E-state index >= 15 is 0 Å². The minimum absolute atomic E-state index is 0.0670. The van der Waals surface area contributed by atoms with E-state index < -0.39 is 0 Å². The molecular weight excluding hydrogens is 351 g/mol. The van der Waals surface area contributed by atoms with Crippen molar-refractivity contribution in [2.24, 2.45) is 5.41 Å². The zero-order valence-corrected chi connectivity index (χ0v) is 13.8. The normalized spacial score (nSPS) is 23.5. The standard InChI is InChI=1S/C15H21IN2O/c1-15(2)7-5-10(6-8-15)13-17-12(9-3-4-9)11(16)14(19)18-13/h9-10H,3-8H2,1-2H3,(H,17,18,19). The van der Waals surface area contributed by atoms with Crippen LogP contribution in [0.1, 0.15) is 75.7 Å². The molecule has 2 aliphatic carbocycles. The highest BCUT2D eigenvalue weighted by atomic mass is 127. The Labute approximate surface area is 127 Å². The lowest BCUT2D eigenvalue weighted by molar-refractivity contribution is 0.220. The third kappa shape index (κ3) is 2.88. The molecule has 0 saturated heterocycles. The Hall–Kier alpha value is -0.390. The highest BCUT2D eigenvalue weighted by Crippen LogP contribution is 2.43. The number of rotatable bonds is 2. The van der Waals surface area contributed by atoms with Crippen LogP contribution in [0.5, 0.6) is 0 Å². The molecule has 4 heteroatoms. The number of hydrogen-bond acceptors (Lipinski definition) is 2. The maximum Gasteiger partial charge on any atom is 0.264 e. The third-order valence-electron chi connectivity index (χ3n) is 4.60. The molecule has 0 unspecified atom stereocenters. The molecule has 1 heterocycles. The molecule has 2 aliphatic rings. The Morgan fingerprint density at radius 2 is 1.79 bits per heavy atom. The molecule has 0 atom stereocenters. The predicted molar refractivity (Wildman–Crippen MR) is 84.5 cm³/mol. The lowest BCUT2D eigenvalue weighted by Gasteiger charge is -2.33. The van der Waals surface area contributed by atoms with Gasteiger partial charge in [-0.25, -0.2) is 4.98 Å². The van der Waals surface area contributed by atoms with Gasteiger partial charge in [0.15, 0.2) is 0 Å². The van der Waals surface area contributed by atoms with Crippen LogP contribution in [-0.4, -0.2) is 9.97 Å². The first-order valence-electron chi connectivity index (χ1n) is 7.26. The quantitative estimate of drug-likeness (QED) is 0.800. The van der Waals surface area contributed by atoms with Crippen molar-refractivity contribution in [2.45, 2.75) is 64.2 Å². The molecule has 104 valence electrons. The maximum absolute atomic E-state index is 12.1. The van der Waals surface area contributed by atoms with Crippen LogP contribution in [0.25, 0.3) is 0 Å². The van der Waals surface area contributed by atoms with E-state index in [0.717, 1.165) is 27.9 Å². The molecule has 3 rings (SSSR count). The summed E-state index contributed by atoms with van der Waals surface area (Å²) in [5, 5.41) is 0. The number of nitrogens with zero attached hydrogens (tertiary/aromatic N) is 1. The van der Waals surface area contributed by atoms with Crippen molar-refractivity contribution in [3.05, 3.63) is 25.4 Å². The summed E-state index contributed by atoms with van der Waals surface area (Å²) in [5.41, 5.74) is 1.58. The monoisotopic (exact) mass is 372 g/mol. The van der Waals surface area contributed by atoms with E-state index in [-0.39, 0.29) is 5.56 Å². The Morgan fingerprint density at radius 3 is 2.37 bits per heavy atom. The summed E-state index contributed by atoms with van der Waals surface area (Å²) < 4.78 is 0.806. The number of aromatic nitrogens is 2. The molecule has 0 radical (unpaired) electrons. The topological polar surface area (TPSA) is 45.8 Å². The van der Waals surface area contributed by atoms with Crippen LogP contribution in [0.3, 0.4) is 0 Å². The molecule has 3 nitrogen and oxygen atoms in total. The van der Waals surface area contributed by atoms with Gasteiger partial charge < -0.3 is 4.98 Å². The fourth-order valence-corrected chi connectivity index (χ4v) is 3.68. The first-order valence-corrected chi connectivity index (χ1v) is 8.34. The summed E-state index contributed by atoms with van der Waals surface area (Å²) in [7, 11) is 0. The average molecular weight is 372 g/mol. The molecule has 1 N–H and O–H groups in total. The number of halogens is 1. The summed E-state index contributed by atoms with van der Waals surface area (Å²) in [6.07, 6.45) is 7.16. The molecule has 2 fully saturated rings. The Balaban J connectivity index is 1.87. The van der Waals surface area contributed by atoms with Gasteiger partial charge in [-0.3, -0.25) is 4.79 Å². The molecule has 19 heavy (non-hydrogen) atoms. The van der Waals surface area contributed by atoms with E-state index in [9.17, 15) is 4.79 Å². The van der Waals surface area contributed by atoms with Gasteiger partial charge in [-0.05, 0) is 66.5 Å². The third-order valence-corrected chi connectivity index (χ3v) is 5.64. The summed E-state index contributed by atoms with van der Waals surface area (Å²) >= 11 is 2.15. The first-order chi connectivity index (χ1) is 8.96. The first kappa shape index (κ1) is 13.6. The van der Waals surface area contributed by atoms with Crippen LogP contribution in [0.15, 0.2) is 4.79 Å². The van der Waals surface area contributed by atoms with E-state index in [0.29, 0.717) is 17.3 Å². The van der Waals surface area contributed by atoms with Crippen LogP contribution in [0, 0.1) is 8.99 Å². The van der Waals surface area contributed by atoms with Crippen LogP contribution >= 0.6 is 22.6 Å². The second kappa shape index (κ2) is 4.86. The van der Waals surface area contributed by atoms with Gasteiger partial charge in [0.25, 0.3) is 5.56 Å². The van der Waals surface area contributed by atoms with E-state index in [1.807, 2.05) is 0 Å². The Bertz CT molecular complexity index is 536. The summed E-state index contributed by atoms with van der Waals surface area (Å²) in [6, 6.07) is 0. The Kier molecular flexibility index (Phi) is 3.48. The van der Waals surface area contributed by atoms with Crippen LogP contribution in [-0.2, 0) is 0 Å². The molecular formula is C15H21IN2O. The molecule has 1 aromatic heterocycles. The van der Waals surface area contributed by atoms with Gasteiger partial charge in [-0.1, -0.05) is 13.8 Å². The van der Waals surface area contributed by atoms with Crippen LogP contribution in [0.2, 0.25) is 0 Å². The number of H-pyrrole nitrogens is 1. The van der Waals surface area contributed by atoms with Gasteiger partial charge in [0, 0.05) is 11.8 Å². The van der Waals surface area contributed by atoms with Gasteiger partial charge in [-0.15, -0.1) is 0 Å². The summed E-state index contributed by atoms with van der Waals surface area (Å²) in [5.74, 6) is 1.95. The van der Waals surface area contributed by atoms with E-state index in [1.54, 1.807) is 0 Å². The number of aromatic amines is 1. The molecule has 0 aromatic carbocycles. The molecule has 0 spiro atoms. The zero-order chi connectivity index (χ0) is 13.6. The second-order valence-electron chi connectivity index (χ2n) is 6.86. The Morgan fingerprint density at radius 1 is 1.16 bits per heavy atom. The highest BCUT2D eigenvalue weighted by molar-refractivity contribution is 14.1. The predicted octanol–water partition coefficient (Wildman–Crippen LogP) is 3.94. The van der Waals surface area contributed by atoms with Gasteiger partial charge in [0.2, 0.25) is 0 Å². The van der Waals surface area contributed by atoms with Crippen LogP contribution < -0.4 is 5.56 Å². The highest BCUT2D eigenvalue weighted by Gasteiger charge is 2.32. The van der Waals surface area contributed by atoms with E-state index in [4.69, 9.17) is 4.98 Å². The van der Waals surface area contributed by atoms with E-state index in [1.165, 1.54) is 25.7 Å². The molecule has 0 aliphatic heterocycles. The second-order valence-corrected chi connectivity index (χ2v) is 7.94. The van der Waals surface area contributed by atoms with Crippen LogP contribution in [0.4, 0.5) is 0 Å². The van der Waals surface area contributed by atoms with Crippen molar-refractivity contribution in [1.29, 1.82) is 0 Å². The van der Waals surface area contributed by atoms with Crippen molar-refractivity contribution in [2.75, 3.05) is 0 Å². The summed E-state index contributed by atoms with van der Waals surface area (Å²) in [4.78, 5) is 19.9. The molecule has 0 amide bonds. The maximum atomic E-state index is 12.1. The van der Waals surface area contributed by atoms with Crippen molar-refractivity contribution in [1.82, 2.24) is 9.97 Å². The number of nitrogens with one attached hydrogen (secondary N) is 1. The zero-order valence-electron chi connectivity index (χ0n) is 11.6. The smallest absolute Gasteiger partial charge is 0.264 e. The van der Waals surface area contributed by atoms with Gasteiger partial charge in [-0.2, -0.15) is 0 Å². The molecule has 0 bridgehead atoms. The van der Waals surface area contributed by atoms with Gasteiger partial charge >= 0.3 is 0 Å². The minimum atomic E-state index is 0.0670. The van der Waals surface area contributed by atoms with Crippen molar-refractivity contribution in [3.63, 3.8) is 0 Å². The van der Waals surface area contributed by atoms with Crippen molar-refractivity contribution in [3.8, 4) is 0 Å². The van der Waals surface area contributed by atoms with Crippen molar-refractivity contribution >= 4 is 22.6 Å². The van der Waals surface area contributed by atoms with Crippen molar-refractivity contribution < 1.29 is 0 Å². The fourth-order valence-electron chi connectivity index (χ4n) is 2.99. The lowest BCUT2D eigenvalue weighted by Crippen LogP contribution is -2.25. The minimum Gasteiger partial charge on any atom is -0.309 e. The molecule has 2 saturated carbocycles. The SMILES string of the molecule is CC1(C)CCC(c2nc(C3CC3)c(I)c(=O)[nH]2)CC1. The lowest BCUT2D eigenvalue weighted by atomic mass is 9.73. The van der Waals surface area contributed by atoms with Gasteiger partial charge in [0.1, 0.15) is 5.82 Å². The number of hydrogen-bond donors (Lipinski definition) is 1.